The largest absolute Gasteiger partial charge is 0.393 e. The average Bonchev–Trinajstić information content (AvgIpc) is 2.41. The van der Waals surface area contributed by atoms with E-state index < -0.39 is 11.0 Å². The van der Waals surface area contributed by atoms with Gasteiger partial charge in [0.1, 0.15) is 6.33 Å². The summed E-state index contributed by atoms with van der Waals surface area (Å²) >= 11 is 0. The van der Waals surface area contributed by atoms with Gasteiger partial charge in [0.25, 0.3) is 0 Å². The van der Waals surface area contributed by atoms with Crippen molar-refractivity contribution in [2.24, 2.45) is 0 Å². The van der Waals surface area contributed by atoms with Gasteiger partial charge in [0.05, 0.1) is 11.0 Å². The fraction of sp³-hybridized carbons (Fsp3) is 0.667. The molecule has 1 unspecified atom stereocenters. The predicted octanol–water partition coefficient (Wildman–Crippen LogP) is 1.41. The Kier molecular flexibility index (Phi) is 6.10. The summed E-state index contributed by atoms with van der Waals surface area (Å²) in [7, 11) is 1.71. The van der Waals surface area contributed by atoms with Gasteiger partial charge in [0.2, 0.25) is 11.6 Å². The van der Waals surface area contributed by atoms with Crippen LogP contribution in [0.5, 0.6) is 0 Å². The number of nitrogens with one attached hydrogen (secondary N) is 1. The first-order chi connectivity index (χ1) is 9.47. The molecule has 0 saturated heterocycles. The highest BCUT2D eigenvalue weighted by atomic mass is 16.6. The fourth-order valence-electron chi connectivity index (χ4n) is 1.68. The Morgan fingerprint density at radius 2 is 2.25 bits per heavy atom. The van der Waals surface area contributed by atoms with Crippen LogP contribution in [0, 0.1) is 10.1 Å². The van der Waals surface area contributed by atoms with Gasteiger partial charge in [-0.05, 0) is 19.8 Å². The van der Waals surface area contributed by atoms with E-state index >= 15 is 0 Å². The number of aromatic nitrogens is 2. The van der Waals surface area contributed by atoms with E-state index in [1.54, 1.807) is 18.9 Å². The van der Waals surface area contributed by atoms with Crippen LogP contribution in [-0.2, 0) is 0 Å². The lowest BCUT2D eigenvalue weighted by atomic mass is 10.2. The molecule has 1 heterocycles. The van der Waals surface area contributed by atoms with Crippen LogP contribution in [-0.4, -0.2) is 46.2 Å². The molecule has 1 aromatic heterocycles. The maximum atomic E-state index is 11.3. The maximum Gasteiger partial charge on any atom is 0.353 e. The third-order valence-corrected chi connectivity index (χ3v) is 2.77. The Balaban J connectivity index is 3.02. The number of nitro groups is 1. The second-order valence-corrected chi connectivity index (χ2v) is 4.64. The summed E-state index contributed by atoms with van der Waals surface area (Å²) in [4.78, 5) is 20.4. The predicted molar refractivity (Wildman–Crippen MR) is 77.0 cm³/mol. The van der Waals surface area contributed by atoms with E-state index in [2.05, 4.69) is 15.3 Å². The van der Waals surface area contributed by atoms with Crippen LogP contribution in [0.15, 0.2) is 6.33 Å². The van der Waals surface area contributed by atoms with Crippen molar-refractivity contribution in [2.75, 3.05) is 30.4 Å². The van der Waals surface area contributed by atoms with E-state index in [0.29, 0.717) is 19.5 Å². The molecule has 0 fully saturated rings. The first-order valence-corrected chi connectivity index (χ1v) is 6.59. The summed E-state index contributed by atoms with van der Waals surface area (Å²) in [5, 5.41) is 23.5. The van der Waals surface area contributed by atoms with Gasteiger partial charge in [0, 0.05) is 20.1 Å². The lowest BCUT2D eigenvalue weighted by Gasteiger charge is -2.19. The molecule has 0 aliphatic heterocycles. The van der Waals surface area contributed by atoms with Crippen LogP contribution in [0.25, 0.3) is 0 Å². The van der Waals surface area contributed by atoms with Gasteiger partial charge >= 0.3 is 5.69 Å². The molecule has 0 amide bonds. The Morgan fingerprint density at radius 3 is 2.80 bits per heavy atom. The first-order valence-electron chi connectivity index (χ1n) is 6.59. The van der Waals surface area contributed by atoms with Gasteiger partial charge in [-0.3, -0.25) is 10.1 Å². The molecule has 0 radical (unpaired) electrons. The van der Waals surface area contributed by atoms with Crippen LogP contribution in [0.4, 0.5) is 17.3 Å². The van der Waals surface area contributed by atoms with Gasteiger partial charge in [0.15, 0.2) is 0 Å². The number of aliphatic hydroxyl groups excluding tert-OH is 1. The number of rotatable bonds is 8. The SMILES string of the molecule is CCCNc1ncnc(N(C)CCC(C)O)c1[N+](=O)[O-]. The number of hydrogen-bond donors (Lipinski definition) is 2. The molecule has 8 heteroatoms. The molecule has 0 bridgehead atoms. The van der Waals surface area contributed by atoms with E-state index in [-0.39, 0.29) is 17.3 Å². The Bertz CT molecular complexity index is 453. The van der Waals surface area contributed by atoms with Crippen LogP contribution in [0.3, 0.4) is 0 Å². The molecule has 1 rings (SSSR count). The fourth-order valence-corrected chi connectivity index (χ4v) is 1.68. The lowest BCUT2D eigenvalue weighted by Crippen LogP contribution is -2.24. The van der Waals surface area contributed by atoms with Crippen molar-refractivity contribution in [2.45, 2.75) is 32.8 Å². The van der Waals surface area contributed by atoms with Crippen LogP contribution < -0.4 is 10.2 Å². The second kappa shape index (κ2) is 7.59. The summed E-state index contributed by atoms with van der Waals surface area (Å²) in [6, 6.07) is 0. The number of aliphatic hydroxyl groups is 1. The summed E-state index contributed by atoms with van der Waals surface area (Å²) in [6.07, 6.45) is 2.19. The van der Waals surface area contributed by atoms with Gasteiger partial charge < -0.3 is 15.3 Å². The minimum atomic E-state index is -0.480. The molecule has 0 saturated carbocycles. The number of nitrogens with zero attached hydrogens (tertiary/aromatic N) is 4. The standard InChI is InChI=1S/C12H21N5O3/c1-4-6-13-11-10(17(19)20)12(15-8-14-11)16(3)7-5-9(2)18/h8-9,18H,4-7H2,1-3H3,(H,13,14,15). The molecule has 1 atom stereocenters. The van der Waals surface area contributed by atoms with Crippen molar-refractivity contribution in [3.05, 3.63) is 16.4 Å². The summed E-state index contributed by atoms with van der Waals surface area (Å²) in [5.74, 6) is 0.481. The van der Waals surface area contributed by atoms with Crippen molar-refractivity contribution in [1.82, 2.24) is 9.97 Å². The summed E-state index contributed by atoms with van der Waals surface area (Å²) in [5.41, 5.74) is -0.131. The molecule has 112 valence electrons. The molecule has 20 heavy (non-hydrogen) atoms. The Labute approximate surface area is 118 Å². The Morgan fingerprint density at radius 1 is 1.55 bits per heavy atom. The van der Waals surface area contributed by atoms with Crippen molar-refractivity contribution in [3.8, 4) is 0 Å². The van der Waals surface area contributed by atoms with Crippen LogP contribution >= 0.6 is 0 Å². The van der Waals surface area contributed by atoms with Crippen molar-refractivity contribution < 1.29 is 10.0 Å². The molecule has 1 aromatic rings. The lowest BCUT2D eigenvalue weighted by molar-refractivity contribution is -0.383. The van der Waals surface area contributed by atoms with E-state index in [9.17, 15) is 15.2 Å². The minimum Gasteiger partial charge on any atom is -0.393 e. The van der Waals surface area contributed by atoms with Crippen molar-refractivity contribution in [1.29, 1.82) is 0 Å². The van der Waals surface area contributed by atoms with E-state index in [1.165, 1.54) is 6.33 Å². The monoisotopic (exact) mass is 283 g/mol. The van der Waals surface area contributed by atoms with E-state index in [4.69, 9.17) is 0 Å². The van der Waals surface area contributed by atoms with E-state index in [1.807, 2.05) is 6.92 Å². The quantitative estimate of drug-likeness (QED) is 0.549. The van der Waals surface area contributed by atoms with Crippen molar-refractivity contribution >= 4 is 17.3 Å². The van der Waals surface area contributed by atoms with Crippen LogP contribution in [0.2, 0.25) is 0 Å². The van der Waals surface area contributed by atoms with Crippen molar-refractivity contribution in [3.63, 3.8) is 0 Å². The highest BCUT2D eigenvalue weighted by molar-refractivity contribution is 5.69. The minimum absolute atomic E-state index is 0.131. The van der Waals surface area contributed by atoms with Crippen LogP contribution in [0.1, 0.15) is 26.7 Å². The molecule has 2 N–H and O–H groups in total. The molecular formula is C12H21N5O3. The number of anilines is 2. The molecular weight excluding hydrogens is 262 g/mol. The zero-order valence-electron chi connectivity index (χ0n) is 12.0. The number of hydrogen-bond acceptors (Lipinski definition) is 7. The zero-order chi connectivity index (χ0) is 15.1. The third kappa shape index (κ3) is 4.30. The second-order valence-electron chi connectivity index (χ2n) is 4.64. The van der Waals surface area contributed by atoms with Gasteiger partial charge in [-0.2, -0.15) is 0 Å². The third-order valence-electron chi connectivity index (χ3n) is 2.77. The maximum absolute atomic E-state index is 11.3. The first kappa shape index (κ1) is 16.1. The smallest absolute Gasteiger partial charge is 0.353 e. The molecule has 0 spiro atoms. The highest BCUT2D eigenvalue weighted by Gasteiger charge is 2.25. The molecule has 0 aliphatic carbocycles. The highest BCUT2D eigenvalue weighted by Crippen LogP contribution is 2.31. The topological polar surface area (TPSA) is 104 Å². The Hall–Kier alpha value is -1.96. The summed E-state index contributed by atoms with van der Waals surface area (Å²) < 4.78 is 0. The van der Waals surface area contributed by atoms with Gasteiger partial charge in [-0.15, -0.1) is 0 Å². The molecule has 0 aliphatic rings. The molecule has 0 aromatic carbocycles. The summed E-state index contributed by atoms with van der Waals surface area (Å²) in [6.45, 7) is 4.73. The average molecular weight is 283 g/mol. The zero-order valence-corrected chi connectivity index (χ0v) is 12.0. The van der Waals surface area contributed by atoms with Gasteiger partial charge in [-0.1, -0.05) is 6.92 Å². The van der Waals surface area contributed by atoms with Gasteiger partial charge in [-0.25, -0.2) is 9.97 Å². The molecule has 8 nitrogen and oxygen atoms in total. The van der Waals surface area contributed by atoms with E-state index in [0.717, 1.165) is 6.42 Å². The normalized spacial score (nSPS) is 12.0.